The minimum Gasteiger partial charge on any atom is -0.458 e. The summed E-state index contributed by atoms with van der Waals surface area (Å²) in [6.07, 6.45) is 7.69. The number of carbonyl (C=O) groups excluding carboxylic acids is 1. The van der Waals surface area contributed by atoms with Crippen LogP contribution in [0.4, 0.5) is 0 Å². The molecule has 5 rings (SSSR count). The van der Waals surface area contributed by atoms with E-state index >= 15 is 0 Å². The molecule has 156 valence electrons. The van der Waals surface area contributed by atoms with Gasteiger partial charge in [0.1, 0.15) is 6.61 Å². The van der Waals surface area contributed by atoms with Gasteiger partial charge in [-0.05, 0) is 86.0 Å². The van der Waals surface area contributed by atoms with Crippen LogP contribution >= 0.6 is 0 Å². The predicted octanol–water partition coefficient (Wildman–Crippen LogP) is 2.58. The molecule has 1 aliphatic heterocycles. The molecule has 1 heterocycles. The minimum absolute atomic E-state index is 0.00129. The lowest BCUT2D eigenvalue weighted by Crippen LogP contribution is -2.67. The maximum atomic E-state index is 12.1. The quantitative estimate of drug-likeness (QED) is 0.599. The summed E-state index contributed by atoms with van der Waals surface area (Å²) >= 11 is 0. The van der Waals surface area contributed by atoms with Crippen LogP contribution in [0.2, 0.25) is 0 Å². The van der Waals surface area contributed by atoms with Gasteiger partial charge in [0.05, 0.1) is 17.8 Å². The first-order valence-corrected chi connectivity index (χ1v) is 11.2. The van der Waals surface area contributed by atoms with Crippen LogP contribution in [0.1, 0.15) is 65.2 Å². The molecule has 0 aromatic heterocycles. The van der Waals surface area contributed by atoms with Crippen LogP contribution in [0.15, 0.2) is 11.6 Å². The number of esters is 1. The molecule has 28 heavy (non-hydrogen) atoms. The predicted molar refractivity (Wildman–Crippen MR) is 103 cm³/mol. The minimum atomic E-state index is -0.906. The smallest absolute Gasteiger partial charge is 0.331 e. The second-order valence-corrected chi connectivity index (χ2v) is 10.8. The van der Waals surface area contributed by atoms with E-state index in [1.165, 1.54) is 0 Å². The monoisotopic (exact) mass is 390 g/mol. The molecular weight excluding hydrogens is 356 g/mol. The Kier molecular flexibility index (Phi) is 4.12. The molecule has 0 aromatic rings. The van der Waals surface area contributed by atoms with Crippen molar-refractivity contribution in [2.45, 2.75) is 83.0 Å². The molecule has 5 nitrogen and oxygen atoms in total. The number of fused-ring (bicyclic) bond motifs is 5. The van der Waals surface area contributed by atoms with Crippen molar-refractivity contribution < 1.29 is 24.9 Å². The number of cyclic esters (lactones) is 1. The van der Waals surface area contributed by atoms with E-state index in [0.717, 1.165) is 44.1 Å². The van der Waals surface area contributed by atoms with E-state index in [0.29, 0.717) is 31.3 Å². The first-order valence-electron chi connectivity index (χ1n) is 11.2. The summed E-state index contributed by atoms with van der Waals surface area (Å²) in [7, 11) is 0. The van der Waals surface area contributed by atoms with Gasteiger partial charge in [-0.25, -0.2) is 4.79 Å². The largest absolute Gasteiger partial charge is 0.458 e. The van der Waals surface area contributed by atoms with Crippen LogP contribution < -0.4 is 0 Å². The SMILES string of the molecule is C[C@]12[C@H](O)C[C@H]3[C@@H](CCC4C[C@H](O)CC[C@@]43C)[C@@]1(O)CC[C@@H]2C1=CC(=O)OC1. The highest BCUT2D eigenvalue weighted by Gasteiger charge is 2.70. The van der Waals surface area contributed by atoms with Crippen molar-refractivity contribution >= 4 is 5.97 Å². The number of hydrogen-bond acceptors (Lipinski definition) is 5. The van der Waals surface area contributed by atoms with Crippen molar-refractivity contribution in [1.82, 2.24) is 0 Å². The Morgan fingerprint density at radius 2 is 1.82 bits per heavy atom. The molecule has 4 fully saturated rings. The molecule has 9 atom stereocenters. The average molecular weight is 391 g/mol. The Bertz CT molecular complexity index is 718. The first-order chi connectivity index (χ1) is 13.2. The number of rotatable bonds is 1. The zero-order valence-corrected chi connectivity index (χ0v) is 17.1. The average Bonchev–Trinajstić information content (AvgIpc) is 3.19. The summed E-state index contributed by atoms with van der Waals surface area (Å²) in [5.41, 5.74) is -0.507. The van der Waals surface area contributed by atoms with Gasteiger partial charge in [0.25, 0.3) is 0 Å². The van der Waals surface area contributed by atoms with Crippen molar-refractivity contribution in [2.24, 2.45) is 34.5 Å². The Balaban J connectivity index is 1.51. The summed E-state index contributed by atoms with van der Waals surface area (Å²) in [5.74, 6) is 0.657. The Labute approximate surface area is 167 Å². The van der Waals surface area contributed by atoms with Crippen LogP contribution in [-0.4, -0.2) is 45.7 Å². The van der Waals surface area contributed by atoms with E-state index in [9.17, 15) is 20.1 Å². The van der Waals surface area contributed by atoms with E-state index in [-0.39, 0.29) is 29.3 Å². The molecule has 5 aliphatic rings. The molecule has 5 heteroatoms. The van der Waals surface area contributed by atoms with Crippen molar-refractivity contribution in [2.75, 3.05) is 6.61 Å². The molecule has 0 aromatic carbocycles. The maximum Gasteiger partial charge on any atom is 0.331 e. The summed E-state index contributed by atoms with van der Waals surface area (Å²) < 4.78 is 5.16. The van der Waals surface area contributed by atoms with Crippen molar-refractivity contribution in [3.05, 3.63) is 11.6 Å². The van der Waals surface area contributed by atoms with Gasteiger partial charge in [0.2, 0.25) is 0 Å². The van der Waals surface area contributed by atoms with Crippen LogP contribution in [-0.2, 0) is 9.53 Å². The zero-order chi connectivity index (χ0) is 19.9. The summed E-state index contributed by atoms with van der Waals surface area (Å²) in [6.45, 7) is 4.69. The standard InChI is InChI=1S/C23H34O5/c1-21-7-5-15(24)10-14(21)3-4-17-18(21)11-19(25)22(2)16(6-8-23(17,22)27)13-9-20(26)28-12-13/h9,14-19,24-25,27H,3-8,10-12H2,1-2H3/t14?,15-,16-,17-,18+,19-,21+,22+,23+/m1/s1. The van der Waals surface area contributed by atoms with Gasteiger partial charge in [-0.15, -0.1) is 0 Å². The van der Waals surface area contributed by atoms with E-state index in [1.54, 1.807) is 6.08 Å². The highest BCUT2D eigenvalue weighted by molar-refractivity contribution is 5.85. The van der Waals surface area contributed by atoms with Gasteiger partial charge in [-0.3, -0.25) is 0 Å². The lowest BCUT2D eigenvalue weighted by molar-refractivity contribution is -0.244. The number of aliphatic hydroxyl groups is 3. The fourth-order valence-electron chi connectivity index (χ4n) is 8.37. The number of carbonyl (C=O) groups is 1. The highest BCUT2D eigenvalue weighted by atomic mass is 16.5. The fraction of sp³-hybridized carbons (Fsp3) is 0.870. The lowest BCUT2D eigenvalue weighted by atomic mass is 9.42. The molecular formula is C23H34O5. The van der Waals surface area contributed by atoms with Crippen LogP contribution in [0.25, 0.3) is 0 Å². The van der Waals surface area contributed by atoms with Crippen LogP contribution in [0.3, 0.4) is 0 Å². The molecule has 4 aliphatic carbocycles. The summed E-state index contributed by atoms with van der Waals surface area (Å²) in [4.78, 5) is 11.6. The van der Waals surface area contributed by atoms with Gasteiger partial charge in [-0.2, -0.15) is 0 Å². The van der Waals surface area contributed by atoms with E-state index in [1.807, 2.05) is 6.92 Å². The number of aliphatic hydroxyl groups excluding tert-OH is 2. The topological polar surface area (TPSA) is 87.0 Å². The van der Waals surface area contributed by atoms with Gasteiger partial charge >= 0.3 is 5.97 Å². The number of hydrogen-bond donors (Lipinski definition) is 3. The van der Waals surface area contributed by atoms with Crippen molar-refractivity contribution in [3.63, 3.8) is 0 Å². The van der Waals surface area contributed by atoms with Gasteiger partial charge < -0.3 is 20.1 Å². The lowest BCUT2D eigenvalue weighted by Gasteiger charge is -2.64. The Morgan fingerprint density at radius 3 is 2.54 bits per heavy atom. The van der Waals surface area contributed by atoms with Gasteiger partial charge in [-0.1, -0.05) is 13.8 Å². The molecule has 3 N–H and O–H groups in total. The third kappa shape index (κ3) is 2.27. The van der Waals surface area contributed by atoms with Crippen LogP contribution in [0, 0.1) is 34.5 Å². The second kappa shape index (κ2) is 6.05. The molecule has 0 spiro atoms. The van der Waals surface area contributed by atoms with E-state index in [2.05, 4.69) is 6.92 Å². The molecule has 0 saturated heterocycles. The third-order valence-corrected chi connectivity index (χ3v) is 10.0. The first kappa shape index (κ1) is 19.1. The molecule has 0 radical (unpaired) electrons. The molecule has 1 unspecified atom stereocenters. The molecule has 4 saturated carbocycles. The zero-order valence-electron chi connectivity index (χ0n) is 17.1. The molecule has 0 amide bonds. The maximum absolute atomic E-state index is 12.1. The molecule has 0 bridgehead atoms. The van der Waals surface area contributed by atoms with E-state index in [4.69, 9.17) is 4.74 Å². The Hall–Kier alpha value is -0.910. The summed E-state index contributed by atoms with van der Waals surface area (Å²) in [6, 6.07) is 0. The van der Waals surface area contributed by atoms with Crippen LogP contribution in [0.5, 0.6) is 0 Å². The van der Waals surface area contributed by atoms with Gasteiger partial charge in [0.15, 0.2) is 0 Å². The highest BCUT2D eigenvalue weighted by Crippen LogP contribution is 2.69. The third-order valence-electron chi connectivity index (χ3n) is 10.0. The van der Waals surface area contributed by atoms with E-state index < -0.39 is 17.1 Å². The number of ether oxygens (including phenoxy) is 1. The normalized spacial score (nSPS) is 55.8. The van der Waals surface area contributed by atoms with Gasteiger partial charge in [0, 0.05) is 11.5 Å². The van der Waals surface area contributed by atoms with Crippen molar-refractivity contribution in [1.29, 1.82) is 0 Å². The Morgan fingerprint density at radius 1 is 1.04 bits per heavy atom. The fourth-order valence-corrected chi connectivity index (χ4v) is 8.37. The van der Waals surface area contributed by atoms with Crippen molar-refractivity contribution in [3.8, 4) is 0 Å². The summed E-state index contributed by atoms with van der Waals surface area (Å²) in [5, 5.41) is 33.7. The second-order valence-electron chi connectivity index (χ2n) is 10.8.